The SMILES string of the molecule is COc1ccc(CN(c2ccc(I)cc2F)c2c(C(=O)NOC[C@H](O)CO)ccc(F)c2F)cc1OC. The van der Waals surface area contributed by atoms with E-state index < -0.39 is 48.4 Å². The van der Waals surface area contributed by atoms with Crippen molar-refractivity contribution >= 4 is 39.9 Å². The molecule has 1 atom stereocenters. The van der Waals surface area contributed by atoms with Gasteiger partial charge in [0.15, 0.2) is 23.1 Å². The molecule has 0 saturated carbocycles. The van der Waals surface area contributed by atoms with Gasteiger partial charge in [-0.3, -0.25) is 9.63 Å². The number of amides is 1. The lowest BCUT2D eigenvalue weighted by molar-refractivity contribution is -0.0295. The van der Waals surface area contributed by atoms with Crippen LogP contribution in [0.25, 0.3) is 0 Å². The molecule has 0 aliphatic rings. The van der Waals surface area contributed by atoms with Gasteiger partial charge in [0.05, 0.1) is 37.8 Å². The number of hydrogen-bond donors (Lipinski definition) is 3. The van der Waals surface area contributed by atoms with Crippen LogP contribution in [-0.4, -0.2) is 49.7 Å². The number of halogens is 4. The van der Waals surface area contributed by atoms with Gasteiger partial charge in [-0.1, -0.05) is 6.07 Å². The van der Waals surface area contributed by atoms with Crippen LogP contribution in [0.3, 0.4) is 0 Å². The van der Waals surface area contributed by atoms with Crippen LogP contribution in [0, 0.1) is 21.0 Å². The van der Waals surface area contributed by atoms with Crippen LogP contribution in [0.1, 0.15) is 15.9 Å². The van der Waals surface area contributed by atoms with E-state index in [1.807, 2.05) is 28.1 Å². The Bertz CT molecular complexity index is 1260. The Balaban J connectivity index is 2.13. The summed E-state index contributed by atoms with van der Waals surface area (Å²) in [4.78, 5) is 18.9. The highest BCUT2D eigenvalue weighted by molar-refractivity contribution is 14.1. The van der Waals surface area contributed by atoms with Crippen LogP contribution in [0.5, 0.6) is 11.5 Å². The molecule has 1 amide bonds. The molecule has 3 aromatic rings. The van der Waals surface area contributed by atoms with Gasteiger partial charge >= 0.3 is 0 Å². The van der Waals surface area contributed by atoms with Crippen molar-refractivity contribution in [2.45, 2.75) is 12.6 Å². The molecule has 12 heteroatoms. The topological polar surface area (TPSA) is 100 Å². The molecule has 0 fully saturated rings. The van der Waals surface area contributed by atoms with Crippen LogP contribution < -0.4 is 19.9 Å². The minimum Gasteiger partial charge on any atom is -0.493 e. The Labute approximate surface area is 224 Å². The normalized spacial score (nSPS) is 11.7. The fourth-order valence-electron chi connectivity index (χ4n) is 3.44. The second kappa shape index (κ2) is 12.9. The quantitative estimate of drug-likeness (QED) is 0.217. The fourth-order valence-corrected chi connectivity index (χ4v) is 3.90. The number of hydroxylamine groups is 1. The highest BCUT2D eigenvalue weighted by Crippen LogP contribution is 2.37. The number of hydrogen-bond acceptors (Lipinski definition) is 7. The first kappa shape index (κ1) is 28.5. The summed E-state index contributed by atoms with van der Waals surface area (Å²) in [5.41, 5.74) is 1.50. The van der Waals surface area contributed by atoms with Gasteiger partial charge in [0.2, 0.25) is 0 Å². The van der Waals surface area contributed by atoms with Gasteiger partial charge in [-0.25, -0.2) is 18.7 Å². The number of ether oxygens (including phenoxy) is 2. The number of aliphatic hydroxyl groups is 2. The summed E-state index contributed by atoms with van der Waals surface area (Å²) in [6, 6.07) is 10.8. The third-order valence-electron chi connectivity index (χ3n) is 5.22. The summed E-state index contributed by atoms with van der Waals surface area (Å²) >= 11 is 1.91. The van der Waals surface area contributed by atoms with Crippen LogP contribution in [0.2, 0.25) is 0 Å². The van der Waals surface area contributed by atoms with E-state index in [0.717, 1.165) is 17.0 Å². The molecule has 198 valence electrons. The highest BCUT2D eigenvalue weighted by Gasteiger charge is 2.27. The van der Waals surface area contributed by atoms with E-state index in [-0.39, 0.29) is 17.8 Å². The maximum absolute atomic E-state index is 15.4. The summed E-state index contributed by atoms with van der Waals surface area (Å²) in [5.74, 6) is -3.58. The average Bonchev–Trinajstić information content (AvgIpc) is 2.88. The summed E-state index contributed by atoms with van der Waals surface area (Å²) in [6.45, 7) is -1.26. The standard InChI is InChI=1S/C25H24F3IN2O6/c1-35-21-8-3-14(9-22(21)36-2)11-31(20-7-4-15(29)10-19(20)27)24-17(5-6-18(26)23(24)28)25(34)30-37-13-16(33)12-32/h3-10,16,32-33H,11-13H2,1-2H3,(H,30,34)/t16-/m1/s1. The van der Waals surface area contributed by atoms with E-state index in [4.69, 9.17) is 19.4 Å². The zero-order chi connectivity index (χ0) is 27.1. The Kier molecular flexibility index (Phi) is 9.97. The second-order valence-electron chi connectivity index (χ2n) is 7.71. The second-order valence-corrected chi connectivity index (χ2v) is 8.95. The van der Waals surface area contributed by atoms with Crippen molar-refractivity contribution in [2.75, 3.05) is 32.3 Å². The van der Waals surface area contributed by atoms with Gasteiger partial charge in [-0.15, -0.1) is 0 Å². The minimum absolute atomic E-state index is 0.120. The third kappa shape index (κ3) is 6.83. The van der Waals surface area contributed by atoms with E-state index >= 15 is 8.78 Å². The fraction of sp³-hybridized carbons (Fsp3) is 0.240. The molecule has 0 spiro atoms. The Morgan fingerprint density at radius 3 is 2.41 bits per heavy atom. The lowest BCUT2D eigenvalue weighted by atomic mass is 10.1. The molecule has 0 aromatic heterocycles. The largest absolute Gasteiger partial charge is 0.493 e. The molecular formula is C25H24F3IN2O6. The first-order chi connectivity index (χ1) is 17.7. The minimum atomic E-state index is -1.39. The van der Waals surface area contributed by atoms with Crippen LogP contribution in [-0.2, 0) is 11.4 Å². The lowest BCUT2D eigenvalue weighted by Crippen LogP contribution is -2.31. The van der Waals surface area contributed by atoms with Crippen LogP contribution in [0.15, 0.2) is 48.5 Å². The summed E-state index contributed by atoms with van der Waals surface area (Å²) in [5, 5.41) is 18.3. The molecule has 0 radical (unpaired) electrons. The van der Waals surface area contributed by atoms with E-state index in [1.165, 1.54) is 26.4 Å². The van der Waals surface area contributed by atoms with Gasteiger partial charge < -0.3 is 24.6 Å². The van der Waals surface area contributed by atoms with Gasteiger partial charge in [0.25, 0.3) is 5.91 Å². The number of carbonyl (C=O) groups excluding carboxylic acids is 1. The molecule has 0 saturated heterocycles. The first-order valence-corrected chi connectivity index (χ1v) is 11.9. The number of methoxy groups -OCH3 is 2. The number of carbonyl (C=O) groups is 1. The molecule has 3 N–H and O–H groups in total. The first-order valence-electron chi connectivity index (χ1n) is 10.8. The molecule has 0 unspecified atom stereocenters. The van der Waals surface area contributed by atoms with E-state index in [0.29, 0.717) is 20.6 Å². The summed E-state index contributed by atoms with van der Waals surface area (Å²) in [7, 11) is 2.89. The number of aliphatic hydroxyl groups excluding tert-OH is 2. The zero-order valence-electron chi connectivity index (χ0n) is 19.8. The maximum atomic E-state index is 15.4. The van der Waals surface area contributed by atoms with Gasteiger partial charge in [0, 0.05) is 10.1 Å². The van der Waals surface area contributed by atoms with Crippen LogP contribution in [0.4, 0.5) is 24.5 Å². The van der Waals surface area contributed by atoms with Crippen molar-refractivity contribution in [1.82, 2.24) is 5.48 Å². The smallest absolute Gasteiger partial charge is 0.277 e. The van der Waals surface area contributed by atoms with Gasteiger partial charge in [-0.2, -0.15) is 0 Å². The average molecular weight is 632 g/mol. The van der Waals surface area contributed by atoms with Crippen molar-refractivity contribution in [3.63, 3.8) is 0 Å². The molecule has 0 aliphatic heterocycles. The van der Waals surface area contributed by atoms with Crippen molar-refractivity contribution in [2.24, 2.45) is 0 Å². The number of anilines is 2. The molecule has 0 bridgehead atoms. The summed E-state index contributed by atoms with van der Waals surface area (Å²) in [6.07, 6.45) is -1.27. The molecule has 3 rings (SSSR count). The number of benzene rings is 3. The lowest BCUT2D eigenvalue weighted by Gasteiger charge is -2.28. The Morgan fingerprint density at radius 1 is 1.03 bits per heavy atom. The van der Waals surface area contributed by atoms with Crippen molar-refractivity contribution in [1.29, 1.82) is 0 Å². The van der Waals surface area contributed by atoms with Crippen molar-refractivity contribution < 1.29 is 42.5 Å². The zero-order valence-corrected chi connectivity index (χ0v) is 22.0. The summed E-state index contributed by atoms with van der Waals surface area (Å²) < 4.78 is 56.1. The highest BCUT2D eigenvalue weighted by atomic mass is 127. The molecule has 0 aliphatic carbocycles. The molecule has 3 aromatic carbocycles. The van der Waals surface area contributed by atoms with Crippen molar-refractivity contribution in [3.05, 3.63) is 80.7 Å². The van der Waals surface area contributed by atoms with Crippen molar-refractivity contribution in [3.8, 4) is 11.5 Å². The van der Waals surface area contributed by atoms with Gasteiger partial charge in [0.1, 0.15) is 18.5 Å². The number of rotatable bonds is 11. The third-order valence-corrected chi connectivity index (χ3v) is 5.90. The monoisotopic (exact) mass is 632 g/mol. The molecule has 8 nitrogen and oxygen atoms in total. The van der Waals surface area contributed by atoms with Crippen LogP contribution >= 0.6 is 22.6 Å². The number of nitrogens with zero attached hydrogens (tertiary/aromatic N) is 1. The maximum Gasteiger partial charge on any atom is 0.277 e. The molecule has 0 heterocycles. The Hall–Kier alpha value is -3.07. The van der Waals surface area contributed by atoms with E-state index in [2.05, 4.69) is 0 Å². The molecular weight excluding hydrogens is 608 g/mol. The van der Waals surface area contributed by atoms with Gasteiger partial charge in [-0.05, 0) is 70.6 Å². The predicted molar refractivity (Wildman–Crippen MR) is 137 cm³/mol. The van der Waals surface area contributed by atoms with E-state index in [9.17, 15) is 14.3 Å². The Morgan fingerprint density at radius 2 is 1.76 bits per heavy atom. The molecule has 37 heavy (non-hydrogen) atoms. The van der Waals surface area contributed by atoms with E-state index in [1.54, 1.807) is 24.3 Å². The number of nitrogens with one attached hydrogen (secondary N) is 1. The predicted octanol–water partition coefficient (Wildman–Crippen LogP) is 4.08.